The number of aromatic nitrogens is 6. The molecule has 1 saturated heterocycles. The maximum Gasteiger partial charge on any atom is 0.182 e. The maximum atomic E-state index is 6.09. The number of morpholine rings is 1. The molecule has 0 aromatic carbocycles. The number of ether oxygens (including phenoxy) is 1. The number of nitrogens with zero attached hydrogens (tertiary/aromatic N) is 6. The number of H-pyrrole nitrogens is 1. The lowest BCUT2D eigenvalue weighted by molar-refractivity contribution is -0.0675. The summed E-state index contributed by atoms with van der Waals surface area (Å²) in [5.41, 5.74) is 1.46. The van der Waals surface area contributed by atoms with E-state index in [1.54, 1.807) is 6.33 Å². The quantitative estimate of drug-likeness (QED) is 0.713. The molecular formula is C16H22N8O. The zero-order valence-corrected chi connectivity index (χ0v) is 14.4. The fourth-order valence-electron chi connectivity index (χ4n) is 3.40. The second-order valence-electron chi connectivity index (χ2n) is 6.08. The number of hydrogen-bond donors (Lipinski definition) is 2. The topological polar surface area (TPSA) is 96.8 Å². The maximum absolute atomic E-state index is 6.09. The first kappa shape index (κ1) is 16.0. The van der Waals surface area contributed by atoms with Crippen LogP contribution in [0, 0.1) is 0 Å². The number of aryl methyl sites for hydroxylation is 1. The molecule has 1 aliphatic heterocycles. The van der Waals surface area contributed by atoms with Gasteiger partial charge in [0.15, 0.2) is 11.5 Å². The molecule has 25 heavy (non-hydrogen) atoms. The summed E-state index contributed by atoms with van der Waals surface area (Å²) in [6.07, 6.45) is 6.92. The lowest BCUT2D eigenvalue weighted by Gasteiger charge is -2.40. The van der Waals surface area contributed by atoms with Crippen LogP contribution in [0.1, 0.15) is 18.8 Å². The van der Waals surface area contributed by atoms with Gasteiger partial charge in [0.1, 0.15) is 17.7 Å². The monoisotopic (exact) mass is 342 g/mol. The Morgan fingerprint density at radius 3 is 3.04 bits per heavy atom. The molecule has 0 aliphatic carbocycles. The van der Waals surface area contributed by atoms with Crippen molar-refractivity contribution in [3.8, 4) is 0 Å². The molecule has 9 heteroatoms. The van der Waals surface area contributed by atoms with Crippen molar-refractivity contribution in [2.24, 2.45) is 7.05 Å². The summed E-state index contributed by atoms with van der Waals surface area (Å²) in [5.74, 6) is 1.75. The Bertz CT molecular complexity index is 843. The molecule has 4 heterocycles. The minimum absolute atomic E-state index is 0.0252. The van der Waals surface area contributed by atoms with Gasteiger partial charge in [0, 0.05) is 32.5 Å². The highest BCUT2D eigenvalue weighted by molar-refractivity contribution is 5.81. The van der Waals surface area contributed by atoms with E-state index in [9.17, 15) is 0 Å². The molecule has 9 nitrogen and oxygen atoms in total. The number of fused-ring (bicyclic) bond motifs is 1. The van der Waals surface area contributed by atoms with Crippen LogP contribution in [0.4, 0.5) is 5.82 Å². The van der Waals surface area contributed by atoms with E-state index in [0.29, 0.717) is 18.8 Å². The molecule has 0 spiro atoms. The Morgan fingerprint density at radius 1 is 1.32 bits per heavy atom. The van der Waals surface area contributed by atoms with E-state index >= 15 is 0 Å². The summed E-state index contributed by atoms with van der Waals surface area (Å²) >= 11 is 0. The van der Waals surface area contributed by atoms with E-state index < -0.39 is 0 Å². The van der Waals surface area contributed by atoms with Crippen molar-refractivity contribution in [2.45, 2.75) is 19.1 Å². The largest absolute Gasteiger partial charge is 0.373 e. The van der Waals surface area contributed by atoms with E-state index in [1.807, 2.05) is 19.4 Å². The van der Waals surface area contributed by atoms with Crippen molar-refractivity contribution < 1.29 is 4.74 Å². The molecule has 3 aromatic heterocycles. The van der Waals surface area contributed by atoms with Gasteiger partial charge in [-0.15, -0.1) is 0 Å². The predicted octanol–water partition coefficient (Wildman–Crippen LogP) is 0.960. The molecule has 0 unspecified atom stereocenters. The number of imidazole rings is 2. The highest BCUT2D eigenvalue weighted by Gasteiger charge is 2.35. The third-order valence-corrected chi connectivity index (χ3v) is 4.68. The van der Waals surface area contributed by atoms with Crippen LogP contribution >= 0.6 is 0 Å². The third kappa shape index (κ3) is 2.96. The van der Waals surface area contributed by atoms with Crippen LogP contribution in [0.2, 0.25) is 0 Å². The molecule has 0 bridgehead atoms. The van der Waals surface area contributed by atoms with Crippen molar-refractivity contribution in [3.05, 3.63) is 30.9 Å². The van der Waals surface area contributed by atoms with Gasteiger partial charge in [-0.05, 0) is 6.54 Å². The van der Waals surface area contributed by atoms with E-state index in [1.165, 1.54) is 6.33 Å². The number of anilines is 1. The molecule has 1 fully saturated rings. The third-order valence-electron chi connectivity index (χ3n) is 4.68. The standard InChI is InChI=1S/C16H22N8O/c1-3-24-6-7-25-11(13(24)16-17-4-5-23(16)2)8-18-14-12-15(20-9-19-12)22-10-21-14/h4-5,9-11,13H,3,6-8H2,1-2H3,(H2,18,19,20,21,22)/t11-,13+/m0/s1. The fraction of sp³-hybridized carbons (Fsp3) is 0.500. The molecule has 0 amide bonds. The number of rotatable bonds is 5. The average Bonchev–Trinajstić information content (AvgIpc) is 3.28. The molecule has 2 atom stereocenters. The molecular weight excluding hydrogens is 320 g/mol. The number of hydrogen-bond acceptors (Lipinski definition) is 7. The zero-order chi connectivity index (χ0) is 17.2. The molecule has 3 aromatic rings. The Kier molecular flexibility index (Phi) is 4.33. The first-order chi connectivity index (χ1) is 12.3. The highest BCUT2D eigenvalue weighted by atomic mass is 16.5. The van der Waals surface area contributed by atoms with Gasteiger partial charge in [0.2, 0.25) is 0 Å². The summed E-state index contributed by atoms with van der Waals surface area (Å²) in [4.78, 5) is 22.7. The van der Waals surface area contributed by atoms with Crippen LogP contribution in [0.25, 0.3) is 11.2 Å². The zero-order valence-electron chi connectivity index (χ0n) is 14.4. The summed E-state index contributed by atoms with van der Waals surface area (Å²) in [7, 11) is 2.02. The predicted molar refractivity (Wildman–Crippen MR) is 93.1 cm³/mol. The number of nitrogens with one attached hydrogen (secondary N) is 2. The second-order valence-corrected chi connectivity index (χ2v) is 6.08. The SMILES string of the molecule is CCN1CCO[C@@H](CNc2ncnc3nc[nH]c23)[C@@H]1c1nccn1C. The van der Waals surface area contributed by atoms with Crippen LogP contribution in [0.5, 0.6) is 0 Å². The molecule has 132 valence electrons. The van der Waals surface area contributed by atoms with Crippen molar-refractivity contribution >= 4 is 17.0 Å². The fourth-order valence-corrected chi connectivity index (χ4v) is 3.40. The van der Waals surface area contributed by atoms with Crippen molar-refractivity contribution in [1.82, 2.24) is 34.4 Å². The number of aromatic amines is 1. The summed E-state index contributed by atoms with van der Waals surface area (Å²) in [5, 5.41) is 3.39. The minimum atomic E-state index is -0.0252. The molecule has 1 aliphatic rings. The van der Waals surface area contributed by atoms with Crippen LogP contribution < -0.4 is 5.32 Å². The first-order valence-electron chi connectivity index (χ1n) is 8.48. The van der Waals surface area contributed by atoms with E-state index in [-0.39, 0.29) is 12.1 Å². The van der Waals surface area contributed by atoms with Gasteiger partial charge in [-0.25, -0.2) is 19.9 Å². The Balaban J connectivity index is 1.57. The summed E-state index contributed by atoms with van der Waals surface area (Å²) in [6, 6.07) is 0.102. The van der Waals surface area contributed by atoms with Gasteiger partial charge < -0.3 is 19.6 Å². The molecule has 2 N–H and O–H groups in total. The lowest BCUT2D eigenvalue weighted by atomic mass is 10.1. The summed E-state index contributed by atoms with van der Waals surface area (Å²) < 4.78 is 8.15. The normalized spacial score (nSPS) is 21.7. The van der Waals surface area contributed by atoms with Crippen LogP contribution in [0.15, 0.2) is 25.0 Å². The van der Waals surface area contributed by atoms with Gasteiger partial charge in [-0.3, -0.25) is 4.90 Å². The van der Waals surface area contributed by atoms with Crippen LogP contribution in [-0.4, -0.2) is 66.7 Å². The van der Waals surface area contributed by atoms with Gasteiger partial charge in [0.25, 0.3) is 0 Å². The van der Waals surface area contributed by atoms with Gasteiger partial charge in [-0.1, -0.05) is 6.92 Å². The van der Waals surface area contributed by atoms with Gasteiger partial charge in [-0.2, -0.15) is 0 Å². The minimum Gasteiger partial charge on any atom is -0.373 e. The van der Waals surface area contributed by atoms with E-state index in [0.717, 1.165) is 30.2 Å². The van der Waals surface area contributed by atoms with Crippen molar-refractivity contribution in [2.75, 3.05) is 31.6 Å². The Morgan fingerprint density at radius 2 is 2.24 bits per heavy atom. The van der Waals surface area contributed by atoms with E-state index in [4.69, 9.17) is 4.74 Å². The highest BCUT2D eigenvalue weighted by Crippen LogP contribution is 2.28. The van der Waals surface area contributed by atoms with E-state index in [2.05, 4.69) is 46.6 Å². The Labute approximate surface area is 145 Å². The smallest absolute Gasteiger partial charge is 0.182 e. The molecule has 0 radical (unpaired) electrons. The summed E-state index contributed by atoms with van der Waals surface area (Å²) in [6.45, 7) is 5.37. The average molecular weight is 342 g/mol. The van der Waals surface area contributed by atoms with Crippen molar-refractivity contribution in [3.63, 3.8) is 0 Å². The molecule has 0 saturated carbocycles. The van der Waals surface area contributed by atoms with Gasteiger partial charge >= 0.3 is 0 Å². The lowest BCUT2D eigenvalue weighted by Crippen LogP contribution is -2.48. The molecule has 4 rings (SSSR count). The van der Waals surface area contributed by atoms with Crippen LogP contribution in [-0.2, 0) is 11.8 Å². The number of likely N-dealkylation sites (N-methyl/N-ethyl adjacent to an activating group) is 1. The second kappa shape index (κ2) is 6.77. The van der Waals surface area contributed by atoms with Gasteiger partial charge in [0.05, 0.1) is 25.1 Å². The first-order valence-corrected chi connectivity index (χ1v) is 8.48. The van der Waals surface area contributed by atoms with Crippen molar-refractivity contribution in [1.29, 1.82) is 0 Å². The Hall–Kier alpha value is -2.52. The van der Waals surface area contributed by atoms with Crippen LogP contribution in [0.3, 0.4) is 0 Å².